The maximum atomic E-state index is 13.7. The molecule has 0 spiro atoms. The zero-order valence-electron chi connectivity index (χ0n) is 16.9. The SMILES string of the molecule is CN=C(NCCn1c(C)nc2ccccc21)NCC(C)Oc1ccccc1F.I. The number of imidazole rings is 1. The molecule has 2 N–H and O–H groups in total. The lowest BCUT2D eigenvalue weighted by molar-refractivity contribution is 0.214. The third-order valence-corrected chi connectivity index (χ3v) is 4.42. The minimum absolute atomic E-state index is 0. The highest BCUT2D eigenvalue weighted by molar-refractivity contribution is 14.0. The molecule has 29 heavy (non-hydrogen) atoms. The Kier molecular flexibility index (Phi) is 8.69. The normalized spacial score (nSPS) is 12.3. The summed E-state index contributed by atoms with van der Waals surface area (Å²) < 4.78 is 21.5. The Bertz CT molecular complexity index is 959. The topological polar surface area (TPSA) is 63.5 Å². The van der Waals surface area contributed by atoms with E-state index in [2.05, 4.69) is 31.2 Å². The highest BCUT2D eigenvalue weighted by atomic mass is 127. The maximum absolute atomic E-state index is 13.7. The minimum Gasteiger partial charge on any atom is -0.486 e. The fourth-order valence-corrected chi connectivity index (χ4v) is 3.02. The van der Waals surface area contributed by atoms with E-state index in [1.165, 1.54) is 6.07 Å². The van der Waals surface area contributed by atoms with Crippen LogP contribution in [0.15, 0.2) is 53.5 Å². The summed E-state index contributed by atoms with van der Waals surface area (Å²) in [6.45, 7) is 5.86. The van der Waals surface area contributed by atoms with E-state index in [9.17, 15) is 4.39 Å². The van der Waals surface area contributed by atoms with E-state index in [0.717, 1.165) is 23.4 Å². The van der Waals surface area contributed by atoms with Gasteiger partial charge < -0.3 is 19.9 Å². The lowest BCUT2D eigenvalue weighted by Crippen LogP contribution is -2.42. The molecule has 156 valence electrons. The van der Waals surface area contributed by atoms with Gasteiger partial charge in [0.15, 0.2) is 17.5 Å². The number of aromatic nitrogens is 2. The van der Waals surface area contributed by atoms with E-state index in [0.29, 0.717) is 19.0 Å². The minimum atomic E-state index is -0.361. The molecular formula is C21H27FIN5O. The van der Waals surface area contributed by atoms with E-state index in [4.69, 9.17) is 4.74 Å². The molecule has 3 aromatic rings. The number of hydrogen-bond donors (Lipinski definition) is 2. The van der Waals surface area contributed by atoms with Crippen LogP contribution in [0.4, 0.5) is 4.39 Å². The monoisotopic (exact) mass is 511 g/mol. The number of hydrogen-bond acceptors (Lipinski definition) is 3. The van der Waals surface area contributed by atoms with Crippen molar-refractivity contribution >= 4 is 41.0 Å². The van der Waals surface area contributed by atoms with Crippen LogP contribution in [0.5, 0.6) is 5.75 Å². The zero-order valence-corrected chi connectivity index (χ0v) is 19.2. The highest BCUT2D eigenvalue weighted by Gasteiger charge is 2.10. The second-order valence-corrected chi connectivity index (χ2v) is 6.54. The first-order chi connectivity index (χ1) is 13.6. The molecule has 0 fully saturated rings. The molecule has 0 amide bonds. The molecule has 0 saturated heterocycles. The standard InChI is InChI=1S/C21H26FN5O.HI/c1-15(28-20-11-7-4-8-17(20)22)14-25-21(23-3)24-12-13-27-16(2)26-18-9-5-6-10-19(18)27;/h4-11,15H,12-14H2,1-3H3,(H2,23,24,25);1H. The molecule has 1 aromatic heterocycles. The van der Waals surface area contributed by atoms with E-state index in [1.54, 1.807) is 25.2 Å². The Balaban J connectivity index is 0.00000300. The van der Waals surface area contributed by atoms with Crippen molar-refractivity contribution in [1.29, 1.82) is 0 Å². The van der Waals surface area contributed by atoms with Crippen molar-refractivity contribution in [3.05, 3.63) is 60.2 Å². The molecule has 0 aliphatic rings. The number of fused-ring (bicyclic) bond motifs is 1. The van der Waals surface area contributed by atoms with Gasteiger partial charge >= 0.3 is 0 Å². The number of halogens is 2. The number of aliphatic imine (C=N–C) groups is 1. The number of nitrogens with one attached hydrogen (secondary N) is 2. The van der Waals surface area contributed by atoms with Crippen LogP contribution in [-0.2, 0) is 6.54 Å². The van der Waals surface area contributed by atoms with Gasteiger partial charge in [-0.25, -0.2) is 9.37 Å². The number of benzene rings is 2. The quantitative estimate of drug-likeness (QED) is 0.288. The summed E-state index contributed by atoms with van der Waals surface area (Å²) in [6, 6.07) is 14.5. The number of aryl methyl sites for hydroxylation is 1. The Morgan fingerprint density at radius 3 is 2.66 bits per heavy atom. The Hall–Kier alpha value is -2.36. The average Bonchev–Trinajstić information content (AvgIpc) is 3.01. The van der Waals surface area contributed by atoms with Gasteiger partial charge in [0, 0.05) is 20.1 Å². The molecule has 3 rings (SSSR count). The fourth-order valence-electron chi connectivity index (χ4n) is 3.02. The number of para-hydroxylation sites is 3. The highest BCUT2D eigenvalue weighted by Crippen LogP contribution is 2.17. The van der Waals surface area contributed by atoms with Gasteiger partial charge in [-0.05, 0) is 38.1 Å². The lowest BCUT2D eigenvalue weighted by atomic mass is 10.3. The summed E-state index contributed by atoms with van der Waals surface area (Å²) >= 11 is 0. The second kappa shape index (κ2) is 11.0. The molecule has 8 heteroatoms. The summed E-state index contributed by atoms with van der Waals surface area (Å²) in [7, 11) is 1.72. The third kappa shape index (κ3) is 6.06. The maximum Gasteiger partial charge on any atom is 0.191 e. The molecule has 2 aromatic carbocycles. The van der Waals surface area contributed by atoms with Crippen molar-refractivity contribution in [2.75, 3.05) is 20.1 Å². The van der Waals surface area contributed by atoms with Gasteiger partial charge in [-0.15, -0.1) is 24.0 Å². The van der Waals surface area contributed by atoms with Gasteiger partial charge in [-0.3, -0.25) is 4.99 Å². The van der Waals surface area contributed by atoms with Crippen LogP contribution in [0.25, 0.3) is 11.0 Å². The largest absolute Gasteiger partial charge is 0.486 e. The van der Waals surface area contributed by atoms with Crippen LogP contribution in [0.3, 0.4) is 0 Å². The van der Waals surface area contributed by atoms with E-state index in [-0.39, 0.29) is 41.6 Å². The molecule has 6 nitrogen and oxygen atoms in total. The Morgan fingerprint density at radius 1 is 1.17 bits per heavy atom. The van der Waals surface area contributed by atoms with E-state index >= 15 is 0 Å². The van der Waals surface area contributed by atoms with Crippen molar-refractivity contribution in [3.63, 3.8) is 0 Å². The van der Waals surface area contributed by atoms with Crippen molar-refractivity contribution in [3.8, 4) is 5.75 Å². The van der Waals surface area contributed by atoms with E-state index in [1.807, 2.05) is 32.0 Å². The molecular weight excluding hydrogens is 484 g/mol. The molecule has 0 bridgehead atoms. The van der Waals surface area contributed by atoms with Crippen LogP contribution in [0.1, 0.15) is 12.7 Å². The summed E-state index contributed by atoms with van der Waals surface area (Å²) in [5, 5.41) is 6.50. The zero-order chi connectivity index (χ0) is 19.9. The third-order valence-electron chi connectivity index (χ3n) is 4.42. The first-order valence-electron chi connectivity index (χ1n) is 9.36. The van der Waals surface area contributed by atoms with Crippen molar-refractivity contribution in [1.82, 2.24) is 20.2 Å². The molecule has 0 saturated carbocycles. The smallest absolute Gasteiger partial charge is 0.191 e. The van der Waals surface area contributed by atoms with Gasteiger partial charge in [0.05, 0.1) is 17.6 Å². The first kappa shape index (κ1) is 22.9. The van der Waals surface area contributed by atoms with Crippen LogP contribution < -0.4 is 15.4 Å². The molecule has 0 radical (unpaired) electrons. The van der Waals surface area contributed by atoms with Crippen LogP contribution in [0, 0.1) is 12.7 Å². The summed E-state index contributed by atoms with van der Waals surface area (Å²) in [5.41, 5.74) is 2.12. The van der Waals surface area contributed by atoms with Crippen LogP contribution >= 0.6 is 24.0 Å². The van der Waals surface area contributed by atoms with Gasteiger partial charge in [-0.2, -0.15) is 0 Å². The fraction of sp³-hybridized carbons (Fsp3) is 0.333. The second-order valence-electron chi connectivity index (χ2n) is 6.54. The van der Waals surface area contributed by atoms with Crippen LogP contribution in [0.2, 0.25) is 0 Å². The van der Waals surface area contributed by atoms with Gasteiger partial charge in [0.1, 0.15) is 11.9 Å². The Morgan fingerprint density at radius 2 is 1.90 bits per heavy atom. The molecule has 1 atom stereocenters. The van der Waals surface area contributed by atoms with Crippen LogP contribution in [-0.4, -0.2) is 41.8 Å². The van der Waals surface area contributed by atoms with Gasteiger partial charge in [-0.1, -0.05) is 24.3 Å². The Labute approximate surface area is 187 Å². The summed E-state index contributed by atoms with van der Waals surface area (Å²) in [6.07, 6.45) is -0.213. The predicted molar refractivity (Wildman–Crippen MR) is 126 cm³/mol. The number of guanidine groups is 1. The summed E-state index contributed by atoms with van der Waals surface area (Å²) in [5.74, 6) is 1.55. The number of nitrogens with zero attached hydrogens (tertiary/aromatic N) is 3. The van der Waals surface area contributed by atoms with Crippen molar-refractivity contribution in [2.45, 2.75) is 26.5 Å². The number of ether oxygens (including phenoxy) is 1. The van der Waals surface area contributed by atoms with Crippen molar-refractivity contribution in [2.24, 2.45) is 4.99 Å². The molecule has 1 heterocycles. The first-order valence-corrected chi connectivity index (χ1v) is 9.36. The molecule has 1 unspecified atom stereocenters. The lowest BCUT2D eigenvalue weighted by Gasteiger charge is -2.18. The molecule has 0 aliphatic heterocycles. The van der Waals surface area contributed by atoms with Gasteiger partial charge in [0.25, 0.3) is 0 Å². The van der Waals surface area contributed by atoms with Crippen molar-refractivity contribution < 1.29 is 9.13 Å². The van der Waals surface area contributed by atoms with E-state index < -0.39 is 0 Å². The summed E-state index contributed by atoms with van der Waals surface area (Å²) in [4.78, 5) is 8.81. The average molecular weight is 511 g/mol. The molecule has 0 aliphatic carbocycles. The van der Waals surface area contributed by atoms with Gasteiger partial charge in [0.2, 0.25) is 0 Å². The predicted octanol–water partition coefficient (Wildman–Crippen LogP) is 3.73. The number of rotatable bonds is 7.